The van der Waals surface area contributed by atoms with Gasteiger partial charge in [0.1, 0.15) is 12.4 Å². The maximum atomic E-state index is 12.6. The zero-order valence-corrected chi connectivity index (χ0v) is 16.2. The van der Waals surface area contributed by atoms with E-state index < -0.39 is 17.4 Å². The Morgan fingerprint density at radius 2 is 2.00 bits per heavy atom. The number of esters is 1. The van der Waals surface area contributed by atoms with Crippen LogP contribution in [0.3, 0.4) is 0 Å². The van der Waals surface area contributed by atoms with Crippen molar-refractivity contribution in [2.24, 2.45) is 0 Å². The number of fused-ring (bicyclic) bond motifs is 1. The van der Waals surface area contributed by atoms with E-state index >= 15 is 0 Å². The third kappa shape index (κ3) is 3.72. The van der Waals surface area contributed by atoms with Crippen LogP contribution in [0.4, 0.5) is 5.69 Å². The zero-order valence-electron chi connectivity index (χ0n) is 16.2. The van der Waals surface area contributed by atoms with Gasteiger partial charge in [0.05, 0.1) is 17.5 Å². The highest BCUT2D eigenvalue weighted by atomic mass is 16.5. The number of nitrogens with zero attached hydrogens (tertiary/aromatic N) is 2. The van der Waals surface area contributed by atoms with Crippen molar-refractivity contribution in [1.29, 1.82) is 0 Å². The van der Waals surface area contributed by atoms with E-state index in [4.69, 9.17) is 13.7 Å². The molecule has 9 nitrogen and oxygen atoms in total. The van der Waals surface area contributed by atoms with Gasteiger partial charge in [0.2, 0.25) is 0 Å². The minimum atomic E-state index is -0.605. The number of hydrogen-bond donors (Lipinski definition) is 1. The summed E-state index contributed by atoms with van der Waals surface area (Å²) in [6.45, 7) is 3.21. The second-order valence-electron chi connectivity index (χ2n) is 6.57. The molecule has 0 bridgehead atoms. The molecule has 1 amide bonds. The number of rotatable bonds is 5. The fourth-order valence-corrected chi connectivity index (χ4v) is 2.95. The maximum Gasteiger partial charge on any atom is 0.338 e. The molecule has 1 aromatic carbocycles. The molecule has 30 heavy (non-hydrogen) atoms. The Bertz CT molecular complexity index is 1300. The van der Waals surface area contributed by atoms with E-state index in [1.807, 2.05) is 0 Å². The molecular weight excluding hydrogens is 390 g/mol. The molecule has 1 N–H and O–H groups in total. The van der Waals surface area contributed by atoms with Crippen LogP contribution in [0.25, 0.3) is 5.65 Å². The average molecular weight is 407 g/mol. The van der Waals surface area contributed by atoms with Gasteiger partial charge in [0.25, 0.3) is 11.5 Å². The number of benzene rings is 1. The van der Waals surface area contributed by atoms with E-state index in [9.17, 15) is 14.4 Å². The van der Waals surface area contributed by atoms with Gasteiger partial charge in [-0.25, -0.2) is 9.78 Å². The largest absolute Gasteiger partial charge is 0.459 e. The van der Waals surface area contributed by atoms with Crippen molar-refractivity contribution < 1.29 is 23.3 Å². The second-order valence-corrected chi connectivity index (χ2v) is 6.57. The van der Waals surface area contributed by atoms with E-state index in [0.29, 0.717) is 28.4 Å². The predicted octanol–water partition coefficient (Wildman–Crippen LogP) is 3.11. The topological polar surface area (TPSA) is 116 Å². The van der Waals surface area contributed by atoms with E-state index in [1.165, 1.54) is 18.4 Å². The van der Waals surface area contributed by atoms with E-state index in [-0.39, 0.29) is 17.9 Å². The van der Waals surface area contributed by atoms with Crippen molar-refractivity contribution in [2.45, 2.75) is 20.5 Å². The van der Waals surface area contributed by atoms with Gasteiger partial charge >= 0.3 is 5.97 Å². The Kier molecular flexibility index (Phi) is 4.93. The van der Waals surface area contributed by atoms with Gasteiger partial charge in [0.15, 0.2) is 11.4 Å². The number of aryl methyl sites for hydroxylation is 1. The standard InChI is InChI=1S/C21H17N3O6/c1-12-9-18-22-14(10-19(25)24(18)30-12)11-29-21(27)15-5-3-6-16(13(15)2)23-20(26)17-7-4-8-28-17/h3-10H,11H2,1-2H3,(H,23,26). The van der Waals surface area contributed by atoms with Gasteiger partial charge in [-0.1, -0.05) is 6.07 Å². The molecule has 0 fully saturated rings. The van der Waals surface area contributed by atoms with Gasteiger partial charge in [0, 0.05) is 17.8 Å². The minimum absolute atomic E-state index is 0.157. The number of hydrogen-bond acceptors (Lipinski definition) is 7. The molecule has 152 valence electrons. The molecule has 4 rings (SSSR count). The highest BCUT2D eigenvalue weighted by Crippen LogP contribution is 2.21. The van der Waals surface area contributed by atoms with Gasteiger partial charge < -0.3 is 19.0 Å². The number of nitrogens with one attached hydrogen (secondary N) is 1. The summed E-state index contributed by atoms with van der Waals surface area (Å²) < 4.78 is 16.7. The van der Waals surface area contributed by atoms with E-state index in [1.54, 1.807) is 44.2 Å². The molecule has 0 aliphatic heterocycles. The molecule has 0 saturated carbocycles. The summed E-state index contributed by atoms with van der Waals surface area (Å²) in [5.41, 5.74) is 1.51. The highest BCUT2D eigenvalue weighted by Gasteiger charge is 2.17. The molecule has 0 spiro atoms. The summed E-state index contributed by atoms with van der Waals surface area (Å²) in [6.07, 6.45) is 1.40. The molecular formula is C21H17N3O6. The zero-order chi connectivity index (χ0) is 21.3. The smallest absolute Gasteiger partial charge is 0.338 e. The molecule has 9 heteroatoms. The molecule has 0 aliphatic carbocycles. The Morgan fingerprint density at radius 3 is 2.77 bits per heavy atom. The summed E-state index contributed by atoms with van der Waals surface area (Å²) in [7, 11) is 0. The van der Waals surface area contributed by atoms with E-state index in [2.05, 4.69) is 10.3 Å². The Balaban J connectivity index is 1.50. The first kappa shape index (κ1) is 19.2. The van der Waals surface area contributed by atoms with Crippen LogP contribution < -0.4 is 10.9 Å². The summed E-state index contributed by atoms with van der Waals surface area (Å²) in [5.74, 6) is -0.337. The third-order valence-electron chi connectivity index (χ3n) is 4.42. The number of amides is 1. The third-order valence-corrected chi connectivity index (χ3v) is 4.42. The van der Waals surface area contributed by atoms with Crippen LogP contribution in [-0.2, 0) is 11.3 Å². The number of aromatic nitrogens is 2. The van der Waals surface area contributed by atoms with Crippen molar-refractivity contribution in [3.05, 3.63) is 87.4 Å². The molecule has 0 unspecified atom stereocenters. The number of furan rings is 1. The lowest BCUT2D eigenvalue weighted by Crippen LogP contribution is -2.16. The summed E-state index contributed by atoms with van der Waals surface area (Å²) in [5, 5.41) is 2.70. The highest BCUT2D eigenvalue weighted by molar-refractivity contribution is 6.03. The number of ether oxygens (including phenoxy) is 1. The van der Waals surface area contributed by atoms with Crippen LogP contribution in [0.1, 0.15) is 37.9 Å². The Labute approximate surface area is 169 Å². The van der Waals surface area contributed by atoms with Crippen molar-refractivity contribution in [2.75, 3.05) is 5.32 Å². The maximum absolute atomic E-state index is 12.6. The molecule has 0 atom stereocenters. The number of carbonyl (C=O) groups is 2. The first-order valence-corrected chi connectivity index (χ1v) is 9.03. The van der Waals surface area contributed by atoms with Crippen LogP contribution in [0.15, 0.2) is 62.5 Å². The normalized spacial score (nSPS) is 10.9. The lowest BCUT2D eigenvalue weighted by atomic mass is 10.1. The lowest BCUT2D eigenvalue weighted by Gasteiger charge is -2.11. The van der Waals surface area contributed by atoms with Crippen molar-refractivity contribution in [3.8, 4) is 0 Å². The summed E-state index contributed by atoms with van der Waals surface area (Å²) in [4.78, 5) is 41.1. The van der Waals surface area contributed by atoms with Crippen molar-refractivity contribution >= 4 is 23.2 Å². The fourth-order valence-electron chi connectivity index (χ4n) is 2.95. The van der Waals surface area contributed by atoms with Gasteiger partial charge in [-0.2, -0.15) is 0 Å². The van der Waals surface area contributed by atoms with E-state index in [0.717, 1.165) is 4.57 Å². The van der Waals surface area contributed by atoms with Crippen LogP contribution >= 0.6 is 0 Å². The first-order chi connectivity index (χ1) is 14.4. The van der Waals surface area contributed by atoms with Crippen LogP contribution in [0.2, 0.25) is 0 Å². The monoisotopic (exact) mass is 407 g/mol. The molecule has 0 radical (unpaired) electrons. The predicted molar refractivity (Wildman–Crippen MR) is 105 cm³/mol. The molecule has 4 aromatic rings. The summed E-state index contributed by atoms with van der Waals surface area (Å²) in [6, 6.07) is 10.9. The van der Waals surface area contributed by atoms with Crippen LogP contribution in [0.5, 0.6) is 0 Å². The van der Waals surface area contributed by atoms with Crippen LogP contribution in [-0.4, -0.2) is 21.4 Å². The molecule has 0 saturated heterocycles. The number of carbonyl (C=O) groups excluding carboxylic acids is 2. The Hall–Kier alpha value is -4.14. The number of anilines is 1. The minimum Gasteiger partial charge on any atom is -0.459 e. The van der Waals surface area contributed by atoms with Gasteiger partial charge in [-0.05, 0) is 43.7 Å². The summed E-state index contributed by atoms with van der Waals surface area (Å²) >= 11 is 0. The molecule has 0 aliphatic rings. The molecule has 3 aromatic heterocycles. The Morgan fingerprint density at radius 1 is 1.17 bits per heavy atom. The molecule has 3 heterocycles. The van der Waals surface area contributed by atoms with Crippen LogP contribution in [0, 0.1) is 13.8 Å². The first-order valence-electron chi connectivity index (χ1n) is 9.03. The van der Waals surface area contributed by atoms with Gasteiger partial charge in [-0.15, -0.1) is 4.57 Å². The quantitative estimate of drug-likeness (QED) is 0.505. The SMILES string of the molecule is Cc1cc2nc(COC(=O)c3cccc(NC(=O)c4ccco4)c3C)cc(=O)n2o1. The van der Waals surface area contributed by atoms with Gasteiger partial charge in [-0.3, -0.25) is 9.59 Å². The van der Waals surface area contributed by atoms with Crippen molar-refractivity contribution in [1.82, 2.24) is 9.56 Å². The van der Waals surface area contributed by atoms with Crippen molar-refractivity contribution in [3.63, 3.8) is 0 Å². The fraction of sp³-hybridized carbons (Fsp3) is 0.143. The average Bonchev–Trinajstić information content (AvgIpc) is 3.37. The lowest BCUT2D eigenvalue weighted by molar-refractivity contribution is 0.0466. The second kappa shape index (κ2) is 7.70.